The van der Waals surface area contributed by atoms with Gasteiger partial charge in [0.25, 0.3) is 0 Å². The number of hydrogen-bond acceptors (Lipinski definition) is 3. The third-order valence-corrected chi connectivity index (χ3v) is 3.90. The molecule has 0 bridgehead atoms. The summed E-state index contributed by atoms with van der Waals surface area (Å²) < 4.78 is 5.33. The molecule has 0 unspecified atom stereocenters. The van der Waals surface area contributed by atoms with Crippen LogP contribution in [0.3, 0.4) is 0 Å². The molecule has 4 nitrogen and oxygen atoms in total. The van der Waals surface area contributed by atoms with Gasteiger partial charge < -0.3 is 15.4 Å². The van der Waals surface area contributed by atoms with Crippen LogP contribution >= 0.6 is 0 Å². The van der Waals surface area contributed by atoms with Crippen LogP contribution in [0.4, 0.5) is 0 Å². The standard InChI is InChI=1S/C20H26N2O2/c1-16-7-9-17(10-8-16)15-22-20(23)12-14-21-13-11-18-5-3-4-6-19(18)24-2/h3-10,21H,11-15H2,1-2H3,(H,22,23). The molecule has 0 aliphatic carbocycles. The highest BCUT2D eigenvalue weighted by molar-refractivity contribution is 5.76. The van der Waals surface area contributed by atoms with E-state index in [1.165, 1.54) is 11.1 Å². The highest BCUT2D eigenvalue weighted by atomic mass is 16.5. The Bertz CT molecular complexity index is 638. The molecule has 2 rings (SSSR count). The van der Waals surface area contributed by atoms with Crippen LogP contribution in [0.5, 0.6) is 5.75 Å². The number of benzene rings is 2. The van der Waals surface area contributed by atoms with E-state index in [9.17, 15) is 4.79 Å². The molecule has 2 aromatic rings. The van der Waals surface area contributed by atoms with Crippen molar-refractivity contribution in [3.63, 3.8) is 0 Å². The molecule has 0 atom stereocenters. The Hall–Kier alpha value is -2.33. The fourth-order valence-corrected chi connectivity index (χ4v) is 2.45. The van der Waals surface area contributed by atoms with Gasteiger partial charge >= 0.3 is 0 Å². The SMILES string of the molecule is COc1ccccc1CCNCCC(=O)NCc1ccc(C)cc1. The second kappa shape index (κ2) is 9.73. The van der Waals surface area contributed by atoms with Crippen LogP contribution in [0.15, 0.2) is 48.5 Å². The Kier molecular flexibility index (Phi) is 7.30. The molecule has 0 aliphatic heterocycles. The molecule has 2 N–H and O–H groups in total. The molecule has 0 spiro atoms. The molecule has 2 aromatic carbocycles. The number of carbonyl (C=O) groups is 1. The van der Waals surface area contributed by atoms with E-state index in [4.69, 9.17) is 4.74 Å². The van der Waals surface area contributed by atoms with E-state index in [0.717, 1.165) is 24.3 Å². The van der Waals surface area contributed by atoms with Gasteiger partial charge in [-0.25, -0.2) is 0 Å². The zero-order valence-corrected chi connectivity index (χ0v) is 14.5. The molecule has 0 radical (unpaired) electrons. The number of rotatable bonds is 9. The van der Waals surface area contributed by atoms with Gasteiger partial charge in [0.1, 0.15) is 5.75 Å². The lowest BCUT2D eigenvalue weighted by Crippen LogP contribution is -2.28. The van der Waals surface area contributed by atoms with Gasteiger partial charge in [0.05, 0.1) is 7.11 Å². The van der Waals surface area contributed by atoms with Gasteiger partial charge in [-0.15, -0.1) is 0 Å². The van der Waals surface area contributed by atoms with Gasteiger partial charge in [0.15, 0.2) is 0 Å². The van der Waals surface area contributed by atoms with Gasteiger partial charge in [0.2, 0.25) is 5.91 Å². The van der Waals surface area contributed by atoms with E-state index in [0.29, 0.717) is 19.5 Å². The first kappa shape index (κ1) is 18.0. The van der Waals surface area contributed by atoms with Crippen LogP contribution in [0.25, 0.3) is 0 Å². The molecule has 0 saturated heterocycles. The predicted octanol–water partition coefficient (Wildman–Crippen LogP) is 2.84. The maximum atomic E-state index is 11.8. The molecule has 0 heterocycles. The molecular formula is C20H26N2O2. The van der Waals surface area contributed by atoms with Crippen molar-refractivity contribution in [1.29, 1.82) is 0 Å². The molecular weight excluding hydrogens is 300 g/mol. The van der Waals surface area contributed by atoms with E-state index in [1.807, 2.05) is 30.3 Å². The maximum Gasteiger partial charge on any atom is 0.221 e. The Labute approximate surface area is 144 Å². The van der Waals surface area contributed by atoms with E-state index in [-0.39, 0.29) is 5.91 Å². The van der Waals surface area contributed by atoms with Crippen LogP contribution in [0.2, 0.25) is 0 Å². The van der Waals surface area contributed by atoms with Crippen LogP contribution in [0, 0.1) is 6.92 Å². The number of para-hydroxylation sites is 1. The van der Waals surface area contributed by atoms with Gasteiger partial charge in [-0.3, -0.25) is 4.79 Å². The van der Waals surface area contributed by atoms with Crippen molar-refractivity contribution in [2.24, 2.45) is 0 Å². The number of ether oxygens (including phenoxy) is 1. The van der Waals surface area contributed by atoms with Crippen molar-refractivity contribution in [3.8, 4) is 5.75 Å². The first-order valence-corrected chi connectivity index (χ1v) is 8.34. The molecule has 24 heavy (non-hydrogen) atoms. The summed E-state index contributed by atoms with van der Waals surface area (Å²) in [6.45, 7) is 4.14. The first-order valence-electron chi connectivity index (χ1n) is 8.34. The highest BCUT2D eigenvalue weighted by Crippen LogP contribution is 2.17. The molecule has 0 saturated carbocycles. The van der Waals surface area contributed by atoms with Crippen molar-refractivity contribution >= 4 is 5.91 Å². The largest absolute Gasteiger partial charge is 0.496 e. The van der Waals surface area contributed by atoms with Crippen LogP contribution < -0.4 is 15.4 Å². The van der Waals surface area contributed by atoms with Gasteiger partial charge in [-0.05, 0) is 37.1 Å². The Balaban J connectivity index is 1.60. The summed E-state index contributed by atoms with van der Waals surface area (Å²) in [7, 11) is 1.69. The van der Waals surface area contributed by atoms with E-state index >= 15 is 0 Å². The summed E-state index contributed by atoms with van der Waals surface area (Å²) in [5, 5.41) is 6.25. The zero-order chi connectivity index (χ0) is 17.2. The van der Waals surface area contributed by atoms with Crippen LogP contribution in [0.1, 0.15) is 23.1 Å². The highest BCUT2D eigenvalue weighted by Gasteiger charge is 2.03. The van der Waals surface area contributed by atoms with Gasteiger partial charge in [0, 0.05) is 19.5 Å². The van der Waals surface area contributed by atoms with Gasteiger partial charge in [-0.2, -0.15) is 0 Å². The third-order valence-electron chi connectivity index (χ3n) is 3.90. The van der Waals surface area contributed by atoms with Crippen molar-refractivity contribution in [2.45, 2.75) is 26.3 Å². The Morgan fingerprint density at radius 3 is 2.54 bits per heavy atom. The topological polar surface area (TPSA) is 50.4 Å². The average molecular weight is 326 g/mol. The predicted molar refractivity (Wildman–Crippen MR) is 97.2 cm³/mol. The Morgan fingerprint density at radius 1 is 1.04 bits per heavy atom. The second-order valence-electron chi connectivity index (χ2n) is 5.82. The minimum Gasteiger partial charge on any atom is -0.496 e. The number of carbonyl (C=O) groups excluding carboxylic acids is 1. The lowest BCUT2D eigenvalue weighted by molar-refractivity contribution is -0.121. The normalized spacial score (nSPS) is 10.4. The van der Waals surface area contributed by atoms with Gasteiger partial charge in [-0.1, -0.05) is 48.0 Å². The monoisotopic (exact) mass is 326 g/mol. The molecule has 4 heteroatoms. The summed E-state index contributed by atoms with van der Waals surface area (Å²) in [4.78, 5) is 11.8. The molecule has 128 valence electrons. The molecule has 1 amide bonds. The van der Waals surface area contributed by atoms with Crippen LogP contribution in [-0.2, 0) is 17.8 Å². The van der Waals surface area contributed by atoms with Crippen molar-refractivity contribution in [2.75, 3.05) is 20.2 Å². The number of methoxy groups -OCH3 is 1. The first-order chi connectivity index (χ1) is 11.7. The zero-order valence-electron chi connectivity index (χ0n) is 14.5. The smallest absolute Gasteiger partial charge is 0.221 e. The fourth-order valence-electron chi connectivity index (χ4n) is 2.45. The maximum absolute atomic E-state index is 11.8. The third kappa shape index (κ3) is 6.05. The van der Waals surface area contributed by atoms with Crippen molar-refractivity contribution in [3.05, 3.63) is 65.2 Å². The fraction of sp³-hybridized carbons (Fsp3) is 0.350. The molecule has 0 aromatic heterocycles. The van der Waals surface area contributed by atoms with Crippen molar-refractivity contribution < 1.29 is 9.53 Å². The lowest BCUT2D eigenvalue weighted by atomic mass is 10.1. The minimum absolute atomic E-state index is 0.0698. The summed E-state index contributed by atoms with van der Waals surface area (Å²) in [6, 6.07) is 16.2. The van der Waals surface area contributed by atoms with E-state index in [2.05, 4.69) is 35.8 Å². The molecule has 0 aliphatic rings. The summed E-state index contributed by atoms with van der Waals surface area (Å²) in [5.74, 6) is 0.982. The minimum atomic E-state index is 0.0698. The number of aryl methyl sites for hydroxylation is 1. The molecule has 0 fully saturated rings. The quantitative estimate of drug-likeness (QED) is 0.697. The summed E-state index contributed by atoms with van der Waals surface area (Å²) >= 11 is 0. The van der Waals surface area contributed by atoms with E-state index < -0.39 is 0 Å². The van der Waals surface area contributed by atoms with Crippen molar-refractivity contribution in [1.82, 2.24) is 10.6 Å². The second-order valence-corrected chi connectivity index (χ2v) is 5.82. The lowest BCUT2D eigenvalue weighted by Gasteiger charge is -2.09. The Morgan fingerprint density at radius 2 is 1.79 bits per heavy atom. The summed E-state index contributed by atoms with van der Waals surface area (Å²) in [5.41, 5.74) is 3.53. The average Bonchev–Trinajstić information content (AvgIpc) is 2.61. The number of hydrogen-bond donors (Lipinski definition) is 2. The van der Waals surface area contributed by atoms with Crippen LogP contribution in [-0.4, -0.2) is 26.1 Å². The van der Waals surface area contributed by atoms with E-state index in [1.54, 1.807) is 7.11 Å². The number of amides is 1. The summed E-state index contributed by atoms with van der Waals surface area (Å²) in [6.07, 6.45) is 1.37. The number of nitrogens with one attached hydrogen (secondary N) is 2.